The van der Waals surface area contributed by atoms with E-state index in [-0.39, 0.29) is 18.2 Å². The number of sulfonamides is 1. The molecule has 1 amide bonds. The molecule has 21 heavy (non-hydrogen) atoms. The molecule has 1 N–H and O–H groups in total. The lowest BCUT2D eigenvalue weighted by Gasteiger charge is -2.25. The van der Waals surface area contributed by atoms with E-state index in [2.05, 4.69) is 5.32 Å². The monoisotopic (exact) mass is 332 g/mol. The van der Waals surface area contributed by atoms with E-state index < -0.39 is 10.0 Å². The fourth-order valence-electron chi connectivity index (χ4n) is 2.12. The summed E-state index contributed by atoms with van der Waals surface area (Å²) in [5.41, 5.74) is 0.500. The Morgan fingerprint density at radius 1 is 1.43 bits per heavy atom. The van der Waals surface area contributed by atoms with Crippen LogP contribution in [0.3, 0.4) is 0 Å². The van der Waals surface area contributed by atoms with Crippen molar-refractivity contribution < 1.29 is 17.9 Å². The predicted octanol–water partition coefficient (Wildman–Crippen LogP) is 1.71. The highest BCUT2D eigenvalue weighted by atomic mass is 35.5. The zero-order valence-corrected chi connectivity index (χ0v) is 13.2. The van der Waals surface area contributed by atoms with Crippen molar-refractivity contribution in [2.24, 2.45) is 0 Å². The van der Waals surface area contributed by atoms with Crippen molar-refractivity contribution in [3.05, 3.63) is 23.2 Å². The van der Waals surface area contributed by atoms with E-state index in [0.29, 0.717) is 29.4 Å². The van der Waals surface area contributed by atoms with E-state index in [9.17, 15) is 13.2 Å². The smallest absolute Gasteiger partial charge is 0.239 e. The first-order valence-corrected chi connectivity index (χ1v) is 8.52. The minimum atomic E-state index is -3.30. The summed E-state index contributed by atoms with van der Waals surface area (Å²) >= 11 is 5.97. The molecule has 1 aliphatic rings. The van der Waals surface area contributed by atoms with Crippen LogP contribution in [0.15, 0.2) is 18.2 Å². The number of rotatable bonds is 4. The molecule has 0 spiro atoms. The molecule has 6 nitrogen and oxygen atoms in total. The number of hydrogen-bond donors (Lipinski definition) is 1. The highest BCUT2D eigenvalue weighted by molar-refractivity contribution is 7.89. The van der Waals surface area contributed by atoms with E-state index in [1.165, 1.54) is 11.4 Å². The summed E-state index contributed by atoms with van der Waals surface area (Å²) < 4.78 is 29.9. The van der Waals surface area contributed by atoms with Crippen LogP contribution in [-0.4, -0.2) is 44.6 Å². The number of methoxy groups -OCH3 is 1. The summed E-state index contributed by atoms with van der Waals surface area (Å²) in [6, 6.07) is 4.84. The molecule has 0 unspecified atom stereocenters. The highest BCUT2D eigenvalue weighted by Gasteiger charge is 2.27. The second kappa shape index (κ2) is 6.64. The van der Waals surface area contributed by atoms with Crippen molar-refractivity contribution in [2.45, 2.75) is 12.8 Å². The zero-order valence-electron chi connectivity index (χ0n) is 11.6. The molecule has 0 radical (unpaired) electrons. The molecular formula is C13H17ClN2O4S. The van der Waals surface area contributed by atoms with E-state index in [1.807, 2.05) is 0 Å². The molecule has 0 saturated carbocycles. The molecule has 2 rings (SSSR count). The zero-order chi connectivity index (χ0) is 15.5. The van der Waals surface area contributed by atoms with Crippen LogP contribution in [-0.2, 0) is 14.8 Å². The van der Waals surface area contributed by atoms with Gasteiger partial charge in [0.1, 0.15) is 5.75 Å². The maximum Gasteiger partial charge on any atom is 0.239 e. The van der Waals surface area contributed by atoms with Crippen molar-refractivity contribution in [1.29, 1.82) is 0 Å². The normalized spacial score (nSPS) is 18.2. The number of ether oxygens (including phenoxy) is 1. The summed E-state index contributed by atoms with van der Waals surface area (Å²) in [6.07, 6.45) is 1.43. The van der Waals surface area contributed by atoms with Gasteiger partial charge in [-0.2, -0.15) is 4.31 Å². The highest BCUT2D eigenvalue weighted by Crippen LogP contribution is 2.27. The van der Waals surface area contributed by atoms with Gasteiger partial charge < -0.3 is 10.1 Å². The molecule has 0 aliphatic carbocycles. The van der Waals surface area contributed by atoms with Gasteiger partial charge in [0.2, 0.25) is 15.9 Å². The van der Waals surface area contributed by atoms with Gasteiger partial charge in [-0.05, 0) is 31.0 Å². The van der Waals surface area contributed by atoms with Crippen molar-refractivity contribution in [3.63, 3.8) is 0 Å². The van der Waals surface area contributed by atoms with E-state index >= 15 is 0 Å². The SMILES string of the molecule is COc1ccc(NC(=O)CN2CCCCS2(=O)=O)cc1Cl. The minimum absolute atomic E-state index is 0.106. The Morgan fingerprint density at radius 2 is 2.19 bits per heavy atom. The molecule has 1 heterocycles. The minimum Gasteiger partial charge on any atom is -0.495 e. The molecule has 0 aromatic heterocycles. The third-order valence-corrected chi connectivity index (χ3v) is 5.41. The van der Waals surface area contributed by atoms with Gasteiger partial charge in [-0.1, -0.05) is 11.6 Å². The summed E-state index contributed by atoms with van der Waals surface area (Å²) in [7, 11) is -1.80. The average molecular weight is 333 g/mol. The van der Waals surface area contributed by atoms with Gasteiger partial charge >= 0.3 is 0 Å². The van der Waals surface area contributed by atoms with Crippen molar-refractivity contribution in [2.75, 3.05) is 31.3 Å². The summed E-state index contributed by atoms with van der Waals surface area (Å²) in [4.78, 5) is 11.9. The van der Waals surface area contributed by atoms with Gasteiger partial charge in [0.15, 0.2) is 0 Å². The summed E-state index contributed by atoms with van der Waals surface area (Å²) in [5.74, 6) is 0.226. The maximum atomic E-state index is 11.9. The van der Waals surface area contributed by atoms with Gasteiger partial charge in [0, 0.05) is 12.2 Å². The van der Waals surface area contributed by atoms with Crippen LogP contribution in [0.1, 0.15) is 12.8 Å². The second-order valence-electron chi connectivity index (χ2n) is 4.75. The van der Waals surface area contributed by atoms with Crippen molar-refractivity contribution in [3.8, 4) is 5.75 Å². The van der Waals surface area contributed by atoms with E-state index in [4.69, 9.17) is 16.3 Å². The molecule has 0 bridgehead atoms. The Labute approximate surface area is 129 Å². The van der Waals surface area contributed by atoms with Gasteiger partial charge in [-0.3, -0.25) is 4.79 Å². The summed E-state index contributed by atoms with van der Waals surface area (Å²) in [5, 5.41) is 3.01. The standard InChI is InChI=1S/C13H17ClN2O4S/c1-20-12-5-4-10(8-11(12)14)15-13(17)9-16-6-2-3-7-21(16,18)19/h4-5,8H,2-3,6-7,9H2,1H3,(H,15,17). The van der Waals surface area contributed by atoms with Crippen LogP contribution in [0.5, 0.6) is 5.75 Å². The fraction of sp³-hybridized carbons (Fsp3) is 0.462. The van der Waals surface area contributed by atoms with Crippen LogP contribution in [0, 0.1) is 0 Å². The Balaban J connectivity index is 2.00. The first-order chi connectivity index (χ1) is 9.92. The fourth-order valence-corrected chi connectivity index (χ4v) is 3.93. The molecule has 1 aromatic rings. The lowest BCUT2D eigenvalue weighted by molar-refractivity contribution is -0.116. The number of amides is 1. The van der Waals surface area contributed by atoms with Crippen molar-refractivity contribution in [1.82, 2.24) is 4.31 Å². The van der Waals surface area contributed by atoms with Gasteiger partial charge in [0.25, 0.3) is 0 Å². The van der Waals surface area contributed by atoms with Crippen LogP contribution in [0.25, 0.3) is 0 Å². The molecule has 1 fully saturated rings. The van der Waals surface area contributed by atoms with Crippen molar-refractivity contribution >= 4 is 33.2 Å². The number of hydrogen-bond acceptors (Lipinski definition) is 4. The van der Waals surface area contributed by atoms with Gasteiger partial charge in [0.05, 0.1) is 24.4 Å². The Kier molecular flexibility index (Phi) is 5.08. The molecular weight excluding hydrogens is 316 g/mol. The maximum absolute atomic E-state index is 11.9. The molecule has 1 aromatic carbocycles. The van der Waals surface area contributed by atoms with E-state index in [0.717, 1.165) is 6.42 Å². The van der Waals surface area contributed by atoms with Gasteiger partial charge in [-0.15, -0.1) is 0 Å². The van der Waals surface area contributed by atoms with E-state index in [1.54, 1.807) is 18.2 Å². The number of anilines is 1. The Hall–Kier alpha value is -1.31. The van der Waals surface area contributed by atoms with Gasteiger partial charge in [-0.25, -0.2) is 8.42 Å². The molecule has 1 saturated heterocycles. The summed E-state index contributed by atoms with van der Waals surface area (Å²) in [6.45, 7) is 0.213. The quantitative estimate of drug-likeness (QED) is 0.910. The molecule has 0 atom stereocenters. The van der Waals surface area contributed by atoms with Crippen LogP contribution >= 0.6 is 11.6 Å². The third-order valence-electron chi connectivity index (χ3n) is 3.21. The Morgan fingerprint density at radius 3 is 2.81 bits per heavy atom. The number of carbonyl (C=O) groups is 1. The third kappa shape index (κ3) is 4.09. The topological polar surface area (TPSA) is 75.7 Å². The molecule has 8 heteroatoms. The Bertz CT molecular complexity index is 633. The number of nitrogens with one attached hydrogen (secondary N) is 1. The largest absolute Gasteiger partial charge is 0.495 e. The molecule has 116 valence electrons. The second-order valence-corrected chi connectivity index (χ2v) is 7.25. The van der Waals surface area contributed by atoms with Crippen LogP contribution < -0.4 is 10.1 Å². The lowest BCUT2D eigenvalue weighted by Crippen LogP contribution is -2.42. The molecule has 1 aliphatic heterocycles. The first-order valence-electron chi connectivity index (χ1n) is 6.53. The predicted molar refractivity (Wildman–Crippen MR) is 81.2 cm³/mol. The number of carbonyl (C=O) groups excluding carboxylic acids is 1. The first kappa shape index (κ1) is 16.1. The number of nitrogens with zero attached hydrogens (tertiary/aromatic N) is 1. The van der Waals surface area contributed by atoms with Crippen LogP contribution in [0.2, 0.25) is 5.02 Å². The van der Waals surface area contributed by atoms with Crippen LogP contribution in [0.4, 0.5) is 5.69 Å². The lowest BCUT2D eigenvalue weighted by atomic mass is 10.3. The average Bonchev–Trinajstić information content (AvgIpc) is 2.41. The number of halogens is 1. The number of benzene rings is 1.